The summed E-state index contributed by atoms with van der Waals surface area (Å²) in [5.41, 5.74) is 0.679. The maximum Gasteiger partial charge on any atom is 0.139 e. The van der Waals surface area contributed by atoms with Crippen molar-refractivity contribution in [1.82, 2.24) is 9.78 Å². The van der Waals surface area contributed by atoms with Gasteiger partial charge < -0.3 is 0 Å². The molecule has 0 spiro atoms. The van der Waals surface area contributed by atoms with E-state index in [-0.39, 0.29) is 18.2 Å². The van der Waals surface area contributed by atoms with Crippen LogP contribution in [0.25, 0.3) is 10.9 Å². The number of hydrogen-bond acceptors (Lipinski definition) is 1. The molecule has 2 nitrogen and oxygen atoms in total. The standard InChI is InChI=1S/C8H6BrFN2.ClH/c1-12-4-5-2-6(9)7(10)3-8(5)11-12;/h2-4H,1H3;1H. The first-order valence-electron chi connectivity index (χ1n) is 3.45. The van der Waals surface area contributed by atoms with Crippen LogP contribution in [0.3, 0.4) is 0 Å². The quantitative estimate of drug-likeness (QED) is 0.716. The summed E-state index contributed by atoms with van der Waals surface area (Å²) in [7, 11) is 1.81. The fraction of sp³-hybridized carbons (Fsp3) is 0.125. The predicted molar refractivity (Wildman–Crippen MR) is 55.6 cm³/mol. The van der Waals surface area contributed by atoms with E-state index in [4.69, 9.17) is 0 Å². The largest absolute Gasteiger partial charge is 0.275 e. The smallest absolute Gasteiger partial charge is 0.139 e. The Morgan fingerprint density at radius 1 is 1.46 bits per heavy atom. The summed E-state index contributed by atoms with van der Waals surface area (Å²) in [5, 5.41) is 5.01. The minimum atomic E-state index is -0.277. The van der Waals surface area contributed by atoms with Crippen molar-refractivity contribution >= 4 is 39.2 Å². The number of halogens is 3. The van der Waals surface area contributed by atoms with Crippen LogP contribution in [0.2, 0.25) is 0 Å². The molecule has 1 aromatic heterocycles. The third-order valence-corrected chi connectivity index (χ3v) is 2.27. The molecule has 0 bridgehead atoms. The van der Waals surface area contributed by atoms with E-state index in [0.29, 0.717) is 9.99 Å². The number of fused-ring (bicyclic) bond motifs is 1. The Morgan fingerprint density at radius 3 is 2.85 bits per heavy atom. The van der Waals surface area contributed by atoms with Gasteiger partial charge in [-0.2, -0.15) is 5.10 Å². The van der Waals surface area contributed by atoms with Crippen LogP contribution in [-0.2, 0) is 7.05 Å². The molecule has 0 N–H and O–H groups in total. The monoisotopic (exact) mass is 264 g/mol. The fourth-order valence-electron chi connectivity index (χ4n) is 1.14. The van der Waals surface area contributed by atoms with Gasteiger partial charge in [0.15, 0.2) is 0 Å². The minimum Gasteiger partial charge on any atom is -0.275 e. The van der Waals surface area contributed by atoms with E-state index in [1.54, 1.807) is 10.7 Å². The molecule has 0 saturated heterocycles. The van der Waals surface area contributed by atoms with Crippen molar-refractivity contribution in [1.29, 1.82) is 0 Å². The molecule has 1 heterocycles. The van der Waals surface area contributed by atoms with E-state index in [1.165, 1.54) is 6.07 Å². The number of aromatic nitrogens is 2. The van der Waals surface area contributed by atoms with Crippen LogP contribution in [0.5, 0.6) is 0 Å². The molecular formula is C8H7BrClFN2. The molecule has 0 aliphatic rings. The topological polar surface area (TPSA) is 17.8 Å². The number of hydrogen-bond donors (Lipinski definition) is 0. The van der Waals surface area contributed by atoms with Gasteiger partial charge in [0.2, 0.25) is 0 Å². The molecule has 0 fully saturated rings. The van der Waals surface area contributed by atoms with E-state index in [0.717, 1.165) is 5.39 Å². The van der Waals surface area contributed by atoms with E-state index in [1.807, 2.05) is 13.2 Å². The lowest BCUT2D eigenvalue weighted by molar-refractivity contribution is 0.622. The zero-order valence-corrected chi connectivity index (χ0v) is 9.19. The lowest BCUT2D eigenvalue weighted by atomic mass is 10.2. The van der Waals surface area contributed by atoms with E-state index < -0.39 is 0 Å². The van der Waals surface area contributed by atoms with E-state index in [9.17, 15) is 4.39 Å². The average Bonchev–Trinajstić information content (AvgIpc) is 2.30. The summed E-state index contributed by atoms with van der Waals surface area (Å²) in [4.78, 5) is 0. The summed E-state index contributed by atoms with van der Waals surface area (Å²) < 4.78 is 15.1. The van der Waals surface area contributed by atoms with Crippen LogP contribution in [0, 0.1) is 5.82 Å². The van der Waals surface area contributed by atoms with E-state index in [2.05, 4.69) is 21.0 Å². The van der Waals surface area contributed by atoms with Crippen LogP contribution in [0.15, 0.2) is 22.8 Å². The molecular weight excluding hydrogens is 258 g/mol. The predicted octanol–water partition coefficient (Wildman–Crippen LogP) is 2.90. The van der Waals surface area contributed by atoms with Crippen molar-refractivity contribution in [2.75, 3.05) is 0 Å². The Hall–Kier alpha value is -0.610. The summed E-state index contributed by atoms with van der Waals surface area (Å²) in [5.74, 6) is -0.277. The first-order chi connectivity index (χ1) is 5.66. The maximum atomic E-state index is 13.0. The normalized spacial score (nSPS) is 10.1. The van der Waals surface area contributed by atoms with Gasteiger partial charge in [-0.15, -0.1) is 12.4 Å². The van der Waals surface area contributed by atoms with Gasteiger partial charge >= 0.3 is 0 Å². The average molecular weight is 266 g/mol. The van der Waals surface area contributed by atoms with Crippen LogP contribution < -0.4 is 0 Å². The SMILES string of the molecule is Cl.Cn1cc2cc(Br)c(F)cc2n1. The van der Waals surface area contributed by atoms with Crippen molar-refractivity contribution in [3.05, 3.63) is 28.6 Å². The molecule has 0 saturated carbocycles. The molecule has 0 aliphatic carbocycles. The van der Waals surface area contributed by atoms with Crippen LogP contribution in [0.1, 0.15) is 0 Å². The number of aryl methyl sites for hydroxylation is 1. The molecule has 13 heavy (non-hydrogen) atoms. The van der Waals surface area contributed by atoms with Gasteiger partial charge in [0, 0.05) is 24.7 Å². The Kier molecular flexibility index (Phi) is 2.93. The Labute approximate surface area is 89.3 Å². The summed E-state index contributed by atoms with van der Waals surface area (Å²) >= 11 is 3.11. The second-order valence-electron chi connectivity index (χ2n) is 2.63. The van der Waals surface area contributed by atoms with Crippen molar-refractivity contribution in [3.8, 4) is 0 Å². The Morgan fingerprint density at radius 2 is 2.15 bits per heavy atom. The van der Waals surface area contributed by atoms with Gasteiger partial charge in [0.05, 0.1) is 9.99 Å². The van der Waals surface area contributed by atoms with E-state index >= 15 is 0 Å². The van der Waals surface area contributed by atoms with Gasteiger partial charge in [-0.05, 0) is 22.0 Å². The van der Waals surface area contributed by atoms with Crippen molar-refractivity contribution < 1.29 is 4.39 Å². The molecule has 2 aromatic rings. The summed E-state index contributed by atoms with van der Waals surface area (Å²) in [6.07, 6.45) is 1.85. The number of rotatable bonds is 0. The Balaban J connectivity index is 0.000000845. The zero-order chi connectivity index (χ0) is 8.72. The molecule has 0 atom stereocenters. The Bertz CT molecular complexity index is 402. The highest BCUT2D eigenvalue weighted by molar-refractivity contribution is 9.10. The van der Waals surface area contributed by atoms with Crippen LogP contribution in [-0.4, -0.2) is 9.78 Å². The molecule has 70 valence electrons. The molecule has 0 amide bonds. The van der Waals surface area contributed by atoms with Gasteiger partial charge in [0.25, 0.3) is 0 Å². The molecule has 5 heteroatoms. The lowest BCUT2D eigenvalue weighted by Gasteiger charge is -1.91. The number of nitrogens with zero attached hydrogens (tertiary/aromatic N) is 2. The fourth-order valence-corrected chi connectivity index (χ4v) is 1.50. The van der Waals surface area contributed by atoms with Gasteiger partial charge in [-0.3, -0.25) is 4.68 Å². The van der Waals surface area contributed by atoms with Crippen molar-refractivity contribution in [2.45, 2.75) is 0 Å². The molecule has 2 rings (SSSR count). The van der Waals surface area contributed by atoms with Gasteiger partial charge in [-0.25, -0.2) is 4.39 Å². The second-order valence-corrected chi connectivity index (χ2v) is 3.48. The maximum absolute atomic E-state index is 13.0. The number of benzene rings is 1. The van der Waals surface area contributed by atoms with Gasteiger partial charge in [0.1, 0.15) is 5.82 Å². The molecule has 1 aromatic carbocycles. The highest BCUT2D eigenvalue weighted by Crippen LogP contribution is 2.21. The summed E-state index contributed by atoms with van der Waals surface area (Å²) in [6.45, 7) is 0. The third-order valence-electron chi connectivity index (χ3n) is 1.66. The second kappa shape index (κ2) is 3.64. The minimum absolute atomic E-state index is 0. The lowest BCUT2D eigenvalue weighted by Crippen LogP contribution is -1.84. The molecule has 0 aliphatic heterocycles. The van der Waals surface area contributed by atoms with Crippen LogP contribution in [0.4, 0.5) is 4.39 Å². The first-order valence-corrected chi connectivity index (χ1v) is 4.24. The zero-order valence-electron chi connectivity index (χ0n) is 6.79. The summed E-state index contributed by atoms with van der Waals surface area (Å²) in [6, 6.07) is 3.14. The molecule has 0 unspecified atom stereocenters. The van der Waals surface area contributed by atoms with Crippen LogP contribution >= 0.6 is 28.3 Å². The molecule has 0 radical (unpaired) electrons. The van der Waals surface area contributed by atoms with Gasteiger partial charge in [-0.1, -0.05) is 0 Å². The third kappa shape index (κ3) is 1.84. The highest BCUT2D eigenvalue weighted by atomic mass is 79.9. The first kappa shape index (κ1) is 10.5. The van der Waals surface area contributed by atoms with Crippen molar-refractivity contribution in [2.24, 2.45) is 7.05 Å². The van der Waals surface area contributed by atoms with Crippen molar-refractivity contribution in [3.63, 3.8) is 0 Å². The highest BCUT2D eigenvalue weighted by Gasteiger charge is 2.03.